The van der Waals surface area contributed by atoms with Crippen molar-refractivity contribution in [2.24, 2.45) is 4.99 Å². The number of halogens is 1. The number of nitro groups is 1. The summed E-state index contributed by atoms with van der Waals surface area (Å²) in [6.07, 6.45) is 2.12. The molecule has 2 aromatic rings. The molecule has 2 aromatic carbocycles. The Balaban J connectivity index is 0.00000300. The molecule has 0 radical (unpaired) electrons. The van der Waals surface area contributed by atoms with Gasteiger partial charge in [-0.05, 0) is 24.0 Å². The van der Waals surface area contributed by atoms with Crippen LogP contribution in [0.5, 0.6) is 0 Å². The number of non-ortho nitro benzene ring substituents is 1. The van der Waals surface area contributed by atoms with Gasteiger partial charge < -0.3 is 10.6 Å². The van der Waals surface area contributed by atoms with Gasteiger partial charge >= 0.3 is 0 Å². The van der Waals surface area contributed by atoms with Crippen molar-refractivity contribution >= 4 is 35.6 Å². The molecule has 7 nitrogen and oxygen atoms in total. The van der Waals surface area contributed by atoms with Crippen molar-refractivity contribution in [3.8, 4) is 0 Å². The van der Waals surface area contributed by atoms with Gasteiger partial charge in [-0.25, -0.2) is 0 Å². The van der Waals surface area contributed by atoms with E-state index in [0.29, 0.717) is 12.6 Å². The fourth-order valence-electron chi connectivity index (χ4n) is 3.43. The minimum Gasteiger partial charge on any atom is -0.354 e. The zero-order chi connectivity index (χ0) is 19.8. The van der Waals surface area contributed by atoms with E-state index in [9.17, 15) is 10.1 Å². The van der Waals surface area contributed by atoms with Gasteiger partial charge in [0.2, 0.25) is 0 Å². The molecule has 1 saturated heterocycles. The molecule has 0 unspecified atom stereocenters. The number of guanidine groups is 1. The third-order valence-electron chi connectivity index (χ3n) is 4.98. The zero-order valence-corrected chi connectivity index (χ0v) is 18.9. The number of nitrogens with one attached hydrogen (secondary N) is 2. The van der Waals surface area contributed by atoms with E-state index in [0.717, 1.165) is 44.0 Å². The number of nitro benzene ring substituents is 1. The first kappa shape index (κ1) is 23.1. The second kappa shape index (κ2) is 11.7. The first-order chi connectivity index (χ1) is 13.6. The standard InChI is InChI=1S/C21H27N5O2.HI/c1-22-21(23-15-18-8-5-9-20(14-18)26(27)28)24-19-10-12-25(13-11-19)16-17-6-3-2-4-7-17;/h2-9,14,19H,10-13,15-16H2,1H3,(H2,22,23,24);1H. The molecule has 0 bridgehead atoms. The van der Waals surface area contributed by atoms with E-state index in [1.165, 1.54) is 11.6 Å². The normalized spacial score (nSPS) is 15.4. The number of likely N-dealkylation sites (tertiary alicyclic amines) is 1. The molecule has 8 heteroatoms. The number of nitrogens with zero attached hydrogens (tertiary/aromatic N) is 3. The Morgan fingerprint density at radius 1 is 1.14 bits per heavy atom. The maximum atomic E-state index is 10.9. The Hall–Kier alpha value is -2.20. The van der Waals surface area contributed by atoms with Crippen LogP contribution < -0.4 is 10.6 Å². The summed E-state index contributed by atoms with van der Waals surface area (Å²) >= 11 is 0. The highest BCUT2D eigenvalue weighted by atomic mass is 127. The zero-order valence-electron chi connectivity index (χ0n) is 16.6. The van der Waals surface area contributed by atoms with E-state index in [2.05, 4.69) is 44.8 Å². The summed E-state index contributed by atoms with van der Waals surface area (Å²) in [5.41, 5.74) is 2.31. The van der Waals surface area contributed by atoms with Crippen molar-refractivity contribution in [2.75, 3.05) is 20.1 Å². The van der Waals surface area contributed by atoms with Crippen LogP contribution in [0.15, 0.2) is 59.6 Å². The van der Waals surface area contributed by atoms with Crippen LogP contribution in [0.2, 0.25) is 0 Å². The van der Waals surface area contributed by atoms with Gasteiger partial charge in [-0.3, -0.25) is 20.0 Å². The fourth-order valence-corrected chi connectivity index (χ4v) is 3.43. The number of rotatable bonds is 6. The second-order valence-electron chi connectivity index (χ2n) is 7.03. The lowest BCUT2D eigenvalue weighted by Gasteiger charge is -2.33. The number of hydrogen-bond acceptors (Lipinski definition) is 4. The molecule has 0 aliphatic carbocycles. The Morgan fingerprint density at radius 3 is 2.48 bits per heavy atom. The summed E-state index contributed by atoms with van der Waals surface area (Å²) < 4.78 is 0. The molecule has 156 valence electrons. The summed E-state index contributed by atoms with van der Waals surface area (Å²) in [4.78, 5) is 17.3. The molecule has 0 aromatic heterocycles. The molecular formula is C21H28IN5O2. The lowest BCUT2D eigenvalue weighted by molar-refractivity contribution is -0.384. The van der Waals surface area contributed by atoms with Gasteiger partial charge in [-0.2, -0.15) is 0 Å². The average molecular weight is 509 g/mol. The SMILES string of the molecule is CN=C(NCc1cccc([N+](=O)[O-])c1)NC1CCN(Cc2ccccc2)CC1.I. The number of piperidine rings is 1. The fraction of sp³-hybridized carbons (Fsp3) is 0.381. The van der Waals surface area contributed by atoms with Gasteiger partial charge in [-0.1, -0.05) is 42.5 Å². The molecule has 1 aliphatic rings. The largest absolute Gasteiger partial charge is 0.354 e. The summed E-state index contributed by atoms with van der Waals surface area (Å²) in [6.45, 7) is 3.59. The van der Waals surface area contributed by atoms with Crippen molar-refractivity contribution in [1.29, 1.82) is 0 Å². The smallest absolute Gasteiger partial charge is 0.269 e. The van der Waals surface area contributed by atoms with Crippen LogP contribution in [0.3, 0.4) is 0 Å². The lowest BCUT2D eigenvalue weighted by atomic mass is 10.0. The molecule has 0 saturated carbocycles. The minimum absolute atomic E-state index is 0. The summed E-state index contributed by atoms with van der Waals surface area (Å²) in [5.74, 6) is 0.730. The Bertz CT molecular complexity index is 808. The molecular weight excluding hydrogens is 481 g/mol. The number of hydrogen-bond donors (Lipinski definition) is 2. The van der Waals surface area contributed by atoms with Crippen LogP contribution in [-0.2, 0) is 13.1 Å². The third-order valence-corrected chi connectivity index (χ3v) is 4.98. The number of benzene rings is 2. The molecule has 1 heterocycles. The summed E-state index contributed by atoms with van der Waals surface area (Å²) in [6, 6.07) is 17.6. The minimum atomic E-state index is -0.375. The van der Waals surface area contributed by atoms with Crippen LogP contribution >= 0.6 is 24.0 Å². The van der Waals surface area contributed by atoms with Crippen LogP contribution in [0.4, 0.5) is 5.69 Å². The van der Waals surface area contributed by atoms with Gasteiger partial charge in [0, 0.05) is 51.4 Å². The van der Waals surface area contributed by atoms with E-state index in [-0.39, 0.29) is 34.6 Å². The first-order valence-corrected chi connectivity index (χ1v) is 9.61. The van der Waals surface area contributed by atoms with Gasteiger partial charge in [0.05, 0.1) is 4.92 Å². The second-order valence-corrected chi connectivity index (χ2v) is 7.03. The van der Waals surface area contributed by atoms with Crippen LogP contribution in [-0.4, -0.2) is 42.0 Å². The van der Waals surface area contributed by atoms with Crippen LogP contribution in [0.1, 0.15) is 24.0 Å². The van der Waals surface area contributed by atoms with Gasteiger partial charge in [0.15, 0.2) is 5.96 Å². The van der Waals surface area contributed by atoms with E-state index >= 15 is 0 Å². The van der Waals surface area contributed by atoms with Crippen molar-refractivity contribution < 1.29 is 4.92 Å². The van der Waals surface area contributed by atoms with Crippen molar-refractivity contribution in [1.82, 2.24) is 15.5 Å². The van der Waals surface area contributed by atoms with E-state index in [4.69, 9.17) is 0 Å². The Kier molecular flexibility index (Phi) is 9.33. The Morgan fingerprint density at radius 2 is 1.83 bits per heavy atom. The maximum absolute atomic E-state index is 10.9. The highest BCUT2D eigenvalue weighted by Crippen LogP contribution is 2.15. The van der Waals surface area contributed by atoms with E-state index in [1.807, 2.05) is 12.1 Å². The predicted octanol–water partition coefficient (Wildman–Crippen LogP) is 3.54. The van der Waals surface area contributed by atoms with Crippen molar-refractivity contribution in [3.05, 3.63) is 75.8 Å². The topological polar surface area (TPSA) is 82.8 Å². The van der Waals surface area contributed by atoms with Gasteiger partial charge in [0.1, 0.15) is 0 Å². The maximum Gasteiger partial charge on any atom is 0.269 e. The van der Waals surface area contributed by atoms with Gasteiger partial charge in [0.25, 0.3) is 5.69 Å². The van der Waals surface area contributed by atoms with Crippen LogP contribution in [0.25, 0.3) is 0 Å². The first-order valence-electron chi connectivity index (χ1n) is 9.61. The predicted molar refractivity (Wildman–Crippen MR) is 127 cm³/mol. The van der Waals surface area contributed by atoms with Crippen molar-refractivity contribution in [3.63, 3.8) is 0 Å². The molecule has 2 N–H and O–H groups in total. The molecule has 29 heavy (non-hydrogen) atoms. The third kappa shape index (κ3) is 7.28. The van der Waals surface area contributed by atoms with Gasteiger partial charge in [-0.15, -0.1) is 24.0 Å². The summed E-state index contributed by atoms with van der Waals surface area (Å²) in [5, 5.41) is 17.6. The van der Waals surface area contributed by atoms with Crippen molar-refractivity contribution in [2.45, 2.75) is 32.0 Å². The number of aliphatic imine (C=N–C) groups is 1. The van der Waals surface area contributed by atoms with Crippen LogP contribution in [0, 0.1) is 10.1 Å². The highest BCUT2D eigenvalue weighted by Gasteiger charge is 2.20. The molecule has 1 fully saturated rings. The van der Waals surface area contributed by atoms with E-state index < -0.39 is 0 Å². The molecule has 3 rings (SSSR count). The lowest BCUT2D eigenvalue weighted by Crippen LogP contribution is -2.48. The molecule has 0 amide bonds. The Labute approximate surface area is 188 Å². The summed E-state index contributed by atoms with van der Waals surface area (Å²) in [7, 11) is 1.74. The molecule has 0 spiro atoms. The highest BCUT2D eigenvalue weighted by molar-refractivity contribution is 14.0. The molecule has 1 aliphatic heterocycles. The van der Waals surface area contributed by atoms with E-state index in [1.54, 1.807) is 19.2 Å². The molecule has 0 atom stereocenters. The quantitative estimate of drug-likeness (QED) is 0.205. The average Bonchev–Trinajstić information content (AvgIpc) is 2.73. The monoisotopic (exact) mass is 509 g/mol.